The number of nitrogens with two attached hydrogens (primary N) is 1. The van der Waals surface area contributed by atoms with Gasteiger partial charge in [-0.3, -0.25) is 0 Å². The van der Waals surface area contributed by atoms with E-state index in [0.717, 1.165) is 17.0 Å². The molecule has 4 heteroatoms. The van der Waals surface area contributed by atoms with Gasteiger partial charge in [0, 0.05) is 11.8 Å². The Balaban J connectivity index is 2.54. The van der Waals surface area contributed by atoms with E-state index < -0.39 is 0 Å². The van der Waals surface area contributed by atoms with E-state index in [0.29, 0.717) is 18.3 Å². The molecule has 2 aromatic rings. The van der Waals surface area contributed by atoms with Gasteiger partial charge >= 0.3 is 0 Å². The Hall–Kier alpha value is -1.94. The Bertz CT molecular complexity index is 567. The lowest BCUT2D eigenvalue weighted by Gasteiger charge is -2.12. The Morgan fingerprint density at radius 2 is 2.05 bits per heavy atom. The van der Waals surface area contributed by atoms with Crippen molar-refractivity contribution in [3.8, 4) is 17.0 Å². The van der Waals surface area contributed by atoms with Crippen molar-refractivity contribution in [2.45, 2.75) is 26.3 Å². The summed E-state index contributed by atoms with van der Waals surface area (Å²) in [5.41, 5.74) is 8.66. The van der Waals surface area contributed by atoms with Crippen molar-refractivity contribution in [1.82, 2.24) is 9.97 Å². The molecule has 0 radical (unpaired) electrons. The molecule has 1 aromatic carbocycles. The molecule has 0 aliphatic carbocycles. The highest BCUT2D eigenvalue weighted by atomic mass is 16.5. The fourth-order valence-electron chi connectivity index (χ4n) is 1.93. The third kappa shape index (κ3) is 2.90. The van der Waals surface area contributed by atoms with Gasteiger partial charge in [0.1, 0.15) is 11.6 Å². The van der Waals surface area contributed by atoms with Crippen LogP contribution in [0.1, 0.15) is 31.2 Å². The molecule has 0 spiro atoms. The van der Waals surface area contributed by atoms with Crippen LogP contribution in [0.4, 0.5) is 0 Å². The summed E-state index contributed by atoms with van der Waals surface area (Å²) in [6.07, 6.45) is 1.73. The van der Waals surface area contributed by atoms with E-state index in [1.54, 1.807) is 13.3 Å². The van der Waals surface area contributed by atoms with E-state index in [9.17, 15) is 0 Å². The lowest BCUT2D eigenvalue weighted by molar-refractivity contribution is 0.416. The van der Waals surface area contributed by atoms with Crippen molar-refractivity contribution in [2.24, 2.45) is 5.73 Å². The Morgan fingerprint density at radius 3 is 2.68 bits per heavy atom. The monoisotopic (exact) mass is 257 g/mol. The lowest BCUT2D eigenvalue weighted by Crippen LogP contribution is -2.03. The SMILES string of the molecule is COc1ccc(C(C)C)cc1-c1ccnc(CN)n1. The van der Waals surface area contributed by atoms with Crippen LogP contribution >= 0.6 is 0 Å². The van der Waals surface area contributed by atoms with Crippen molar-refractivity contribution < 1.29 is 4.74 Å². The molecule has 0 amide bonds. The summed E-state index contributed by atoms with van der Waals surface area (Å²) in [5.74, 6) is 1.90. The van der Waals surface area contributed by atoms with Crippen LogP contribution in [-0.4, -0.2) is 17.1 Å². The third-order valence-corrected chi connectivity index (χ3v) is 3.05. The molecule has 2 rings (SSSR count). The summed E-state index contributed by atoms with van der Waals surface area (Å²) in [6.45, 7) is 4.66. The molecule has 0 atom stereocenters. The molecule has 0 aliphatic rings. The third-order valence-electron chi connectivity index (χ3n) is 3.05. The lowest BCUT2D eigenvalue weighted by atomic mass is 9.99. The molecule has 2 N–H and O–H groups in total. The van der Waals surface area contributed by atoms with Gasteiger partial charge in [0.2, 0.25) is 0 Å². The maximum atomic E-state index is 5.59. The van der Waals surface area contributed by atoms with Gasteiger partial charge in [-0.15, -0.1) is 0 Å². The molecular weight excluding hydrogens is 238 g/mol. The highest BCUT2D eigenvalue weighted by Gasteiger charge is 2.10. The molecule has 1 aromatic heterocycles. The number of benzene rings is 1. The molecular formula is C15H19N3O. The smallest absolute Gasteiger partial charge is 0.142 e. The Kier molecular flexibility index (Phi) is 4.12. The van der Waals surface area contributed by atoms with Crippen molar-refractivity contribution >= 4 is 0 Å². The van der Waals surface area contributed by atoms with Crippen LogP contribution in [0.5, 0.6) is 5.75 Å². The average molecular weight is 257 g/mol. The zero-order chi connectivity index (χ0) is 13.8. The van der Waals surface area contributed by atoms with E-state index >= 15 is 0 Å². The van der Waals surface area contributed by atoms with Crippen molar-refractivity contribution in [3.63, 3.8) is 0 Å². The van der Waals surface area contributed by atoms with Crippen LogP contribution in [-0.2, 0) is 6.54 Å². The van der Waals surface area contributed by atoms with Crippen molar-refractivity contribution in [3.05, 3.63) is 41.9 Å². The zero-order valence-corrected chi connectivity index (χ0v) is 11.6. The highest BCUT2D eigenvalue weighted by Crippen LogP contribution is 2.31. The van der Waals surface area contributed by atoms with Gasteiger partial charge in [-0.05, 0) is 29.7 Å². The van der Waals surface area contributed by atoms with Crippen LogP contribution in [0.3, 0.4) is 0 Å². The summed E-state index contributed by atoms with van der Waals surface area (Å²) >= 11 is 0. The fourth-order valence-corrected chi connectivity index (χ4v) is 1.93. The van der Waals surface area contributed by atoms with Crippen LogP contribution in [0.25, 0.3) is 11.3 Å². The quantitative estimate of drug-likeness (QED) is 0.914. The van der Waals surface area contributed by atoms with E-state index in [-0.39, 0.29) is 0 Å². The number of hydrogen-bond donors (Lipinski definition) is 1. The molecule has 0 bridgehead atoms. The van der Waals surface area contributed by atoms with E-state index in [4.69, 9.17) is 10.5 Å². The number of methoxy groups -OCH3 is 1. The van der Waals surface area contributed by atoms with Crippen LogP contribution < -0.4 is 10.5 Å². The maximum Gasteiger partial charge on any atom is 0.142 e. The van der Waals surface area contributed by atoms with E-state index in [1.807, 2.05) is 12.1 Å². The van der Waals surface area contributed by atoms with Crippen LogP contribution in [0.15, 0.2) is 30.5 Å². The molecule has 19 heavy (non-hydrogen) atoms. The van der Waals surface area contributed by atoms with E-state index in [1.165, 1.54) is 5.56 Å². The molecule has 0 aliphatic heterocycles. The van der Waals surface area contributed by atoms with Crippen molar-refractivity contribution in [2.75, 3.05) is 7.11 Å². The molecule has 0 saturated heterocycles. The molecule has 0 unspecified atom stereocenters. The fraction of sp³-hybridized carbons (Fsp3) is 0.333. The molecule has 0 saturated carbocycles. The van der Waals surface area contributed by atoms with Crippen molar-refractivity contribution in [1.29, 1.82) is 0 Å². The van der Waals surface area contributed by atoms with Crippen LogP contribution in [0, 0.1) is 0 Å². The Morgan fingerprint density at radius 1 is 1.26 bits per heavy atom. The number of nitrogens with zero attached hydrogens (tertiary/aromatic N) is 2. The predicted molar refractivity (Wildman–Crippen MR) is 76.0 cm³/mol. The van der Waals surface area contributed by atoms with Gasteiger partial charge in [-0.1, -0.05) is 19.9 Å². The second kappa shape index (κ2) is 5.80. The van der Waals surface area contributed by atoms with Gasteiger partial charge in [-0.2, -0.15) is 0 Å². The first-order chi connectivity index (χ1) is 9.15. The second-order valence-electron chi connectivity index (χ2n) is 4.68. The van der Waals surface area contributed by atoms with Gasteiger partial charge in [0.15, 0.2) is 0 Å². The normalized spacial score (nSPS) is 10.8. The maximum absolute atomic E-state index is 5.59. The first kappa shape index (κ1) is 13.5. The van der Waals surface area contributed by atoms with Gasteiger partial charge in [0.05, 0.1) is 19.3 Å². The summed E-state index contributed by atoms with van der Waals surface area (Å²) in [7, 11) is 1.67. The minimum Gasteiger partial charge on any atom is -0.496 e. The minimum atomic E-state index is 0.333. The standard InChI is InChI=1S/C15H19N3O/c1-10(2)11-4-5-14(19-3)12(8-11)13-6-7-17-15(9-16)18-13/h4-8,10H,9,16H2,1-3H3. The van der Waals surface area contributed by atoms with Gasteiger partial charge in [0.25, 0.3) is 0 Å². The highest BCUT2D eigenvalue weighted by molar-refractivity contribution is 5.68. The number of hydrogen-bond acceptors (Lipinski definition) is 4. The molecule has 100 valence electrons. The number of rotatable bonds is 4. The summed E-state index contributed by atoms with van der Waals surface area (Å²) in [6, 6.07) is 8.06. The number of ether oxygens (including phenoxy) is 1. The minimum absolute atomic E-state index is 0.333. The summed E-state index contributed by atoms with van der Waals surface area (Å²) in [4.78, 5) is 8.57. The predicted octanol–water partition coefficient (Wildman–Crippen LogP) is 2.73. The molecule has 0 fully saturated rings. The Labute approximate surface area is 113 Å². The van der Waals surface area contributed by atoms with E-state index in [2.05, 4.69) is 35.9 Å². The molecule has 1 heterocycles. The first-order valence-electron chi connectivity index (χ1n) is 6.36. The second-order valence-corrected chi connectivity index (χ2v) is 4.68. The number of aromatic nitrogens is 2. The zero-order valence-electron chi connectivity index (χ0n) is 11.6. The topological polar surface area (TPSA) is 61.0 Å². The summed E-state index contributed by atoms with van der Waals surface area (Å²) in [5, 5.41) is 0. The van der Waals surface area contributed by atoms with Crippen LogP contribution in [0.2, 0.25) is 0 Å². The van der Waals surface area contributed by atoms with Gasteiger partial charge < -0.3 is 10.5 Å². The largest absolute Gasteiger partial charge is 0.496 e. The summed E-state index contributed by atoms with van der Waals surface area (Å²) < 4.78 is 5.42. The molecule has 4 nitrogen and oxygen atoms in total. The van der Waals surface area contributed by atoms with Gasteiger partial charge in [-0.25, -0.2) is 9.97 Å². The first-order valence-corrected chi connectivity index (χ1v) is 6.36. The average Bonchev–Trinajstić information content (AvgIpc) is 2.46.